The second kappa shape index (κ2) is 5.43. The van der Waals surface area contributed by atoms with E-state index in [1.807, 2.05) is 37.3 Å². The van der Waals surface area contributed by atoms with Gasteiger partial charge in [0, 0.05) is 16.0 Å². The summed E-state index contributed by atoms with van der Waals surface area (Å²) < 4.78 is 5.12. The molecule has 88 valence electrons. The number of methoxy groups -OCH3 is 1. The third kappa shape index (κ3) is 3.14. The normalized spacial score (nSPS) is 10.3. The Balaban J connectivity index is 2.22. The van der Waals surface area contributed by atoms with Gasteiger partial charge in [-0.2, -0.15) is 0 Å². The van der Waals surface area contributed by atoms with Crippen molar-refractivity contribution < 1.29 is 4.74 Å². The molecule has 4 heteroatoms. The molecule has 0 radical (unpaired) electrons. The molecule has 2 nitrogen and oxygen atoms in total. The first-order valence-electron chi connectivity index (χ1n) is 5.13. The number of ether oxygens (including phenoxy) is 1. The van der Waals surface area contributed by atoms with Crippen LogP contribution in [0.1, 0.15) is 5.56 Å². The first-order chi connectivity index (χ1) is 8.19. The van der Waals surface area contributed by atoms with Crippen molar-refractivity contribution in [2.75, 3.05) is 7.11 Å². The molecule has 17 heavy (non-hydrogen) atoms. The second-order valence-corrected chi connectivity index (χ2v) is 5.05. The number of halogens is 1. The summed E-state index contributed by atoms with van der Waals surface area (Å²) in [6.07, 6.45) is 1.79. The van der Waals surface area contributed by atoms with Crippen molar-refractivity contribution in [1.82, 2.24) is 4.98 Å². The molecule has 0 atom stereocenters. The van der Waals surface area contributed by atoms with Gasteiger partial charge in [-0.3, -0.25) is 0 Å². The maximum Gasteiger partial charge on any atom is 0.130 e. The molecule has 0 fully saturated rings. The van der Waals surface area contributed by atoms with Crippen molar-refractivity contribution >= 4 is 23.4 Å². The zero-order valence-corrected chi connectivity index (χ0v) is 11.2. The van der Waals surface area contributed by atoms with E-state index in [0.29, 0.717) is 5.15 Å². The predicted octanol–water partition coefficient (Wildman–Crippen LogP) is 4.20. The van der Waals surface area contributed by atoms with Crippen LogP contribution >= 0.6 is 23.4 Å². The van der Waals surface area contributed by atoms with Gasteiger partial charge in [-0.1, -0.05) is 23.4 Å². The Morgan fingerprint density at radius 1 is 1.24 bits per heavy atom. The van der Waals surface area contributed by atoms with Gasteiger partial charge in [0.15, 0.2) is 0 Å². The minimum absolute atomic E-state index is 0.520. The fourth-order valence-corrected chi connectivity index (χ4v) is 2.50. The van der Waals surface area contributed by atoms with Crippen LogP contribution in [0.4, 0.5) is 0 Å². The average Bonchev–Trinajstić information content (AvgIpc) is 2.35. The van der Waals surface area contributed by atoms with Crippen LogP contribution in [-0.2, 0) is 0 Å². The fourth-order valence-electron chi connectivity index (χ4n) is 1.36. The SMILES string of the molecule is COc1ccc(Sc2cc(Cl)ncc2C)cc1. The van der Waals surface area contributed by atoms with Crippen LogP contribution in [0.3, 0.4) is 0 Å². The highest BCUT2D eigenvalue weighted by Crippen LogP contribution is 2.32. The smallest absolute Gasteiger partial charge is 0.130 e. The van der Waals surface area contributed by atoms with Crippen molar-refractivity contribution in [3.8, 4) is 5.75 Å². The van der Waals surface area contributed by atoms with Crippen molar-refractivity contribution in [3.05, 3.63) is 47.2 Å². The minimum Gasteiger partial charge on any atom is -0.497 e. The maximum absolute atomic E-state index is 5.89. The third-order valence-corrected chi connectivity index (χ3v) is 3.68. The Bertz CT molecular complexity index is 513. The highest BCUT2D eigenvalue weighted by molar-refractivity contribution is 7.99. The molecule has 1 aromatic heterocycles. The molecule has 0 aliphatic carbocycles. The first-order valence-corrected chi connectivity index (χ1v) is 6.32. The van der Waals surface area contributed by atoms with Gasteiger partial charge in [0.2, 0.25) is 0 Å². The highest BCUT2D eigenvalue weighted by atomic mass is 35.5. The number of benzene rings is 1. The van der Waals surface area contributed by atoms with Crippen molar-refractivity contribution in [3.63, 3.8) is 0 Å². The lowest BCUT2D eigenvalue weighted by atomic mass is 10.3. The Morgan fingerprint density at radius 3 is 2.59 bits per heavy atom. The summed E-state index contributed by atoms with van der Waals surface area (Å²) in [5.41, 5.74) is 1.12. The fraction of sp³-hybridized carbons (Fsp3) is 0.154. The predicted molar refractivity (Wildman–Crippen MR) is 71.1 cm³/mol. The van der Waals surface area contributed by atoms with Crippen molar-refractivity contribution in [2.24, 2.45) is 0 Å². The summed E-state index contributed by atoms with van der Waals surface area (Å²) in [6.45, 7) is 2.02. The van der Waals surface area contributed by atoms with E-state index in [1.165, 1.54) is 0 Å². The van der Waals surface area contributed by atoms with Gasteiger partial charge in [-0.05, 0) is 42.8 Å². The van der Waals surface area contributed by atoms with Crippen LogP contribution in [0.5, 0.6) is 5.75 Å². The van der Waals surface area contributed by atoms with Gasteiger partial charge in [0.05, 0.1) is 7.11 Å². The number of hydrogen-bond acceptors (Lipinski definition) is 3. The van der Waals surface area contributed by atoms with E-state index in [4.69, 9.17) is 16.3 Å². The molecule has 0 unspecified atom stereocenters. The second-order valence-electron chi connectivity index (χ2n) is 3.55. The van der Waals surface area contributed by atoms with E-state index in [-0.39, 0.29) is 0 Å². The minimum atomic E-state index is 0.520. The molecule has 0 aliphatic rings. The van der Waals surface area contributed by atoms with Gasteiger partial charge < -0.3 is 4.74 Å². The van der Waals surface area contributed by atoms with E-state index in [9.17, 15) is 0 Å². The molecular weight excluding hydrogens is 254 g/mol. The molecule has 2 rings (SSSR count). The Hall–Kier alpha value is -1.19. The first kappa shape index (κ1) is 12.3. The van der Waals surface area contributed by atoms with Crippen LogP contribution in [0.2, 0.25) is 5.15 Å². The van der Waals surface area contributed by atoms with E-state index in [2.05, 4.69) is 4.98 Å². The lowest BCUT2D eigenvalue weighted by Crippen LogP contribution is -1.84. The number of nitrogens with zero attached hydrogens (tertiary/aromatic N) is 1. The van der Waals surface area contributed by atoms with Crippen LogP contribution in [0.25, 0.3) is 0 Å². The monoisotopic (exact) mass is 265 g/mol. The lowest BCUT2D eigenvalue weighted by Gasteiger charge is -2.06. The van der Waals surface area contributed by atoms with E-state index < -0.39 is 0 Å². The molecule has 0 saturated heterocycles. The summed E-state index contributed by atoms with van der Waals surface area (Å²) in [6, 6.07) is 9.82. The summed E-state index contributed by atoms with van der Waals surface area (Å²) in [7, 11) is 1.66. The van der Waals surface area contributed by atoms with E-state index in [0.717, 1.165) is 21.1 Å². The molecule has 2 aromatic rings. The van der Waals surface area contributed by atoms with Gasteiger partial charge in [-0.15, -0.1) is 0 Å². The summed E-state index contributed by atoms with van der Waals surface area (Å²) in [5, 5.41) is 0.520. The summed E-state index contributed by atoms with van der Waals surface area (Å²) in [5.74, 6) is 0.860. The largest absolute Gasteiger partial charge is 0.497 e. The molecular formula is C13H12ClNOS. The van der Waals surface area contributed by atoms with Crippen LogP contribution in [0.15, 0.2) is 46.3 Å². The average molecular weight is 266 g/mol. The van der Waals surface area contributed by atoms with Gasteiger partial charge in [0.25, 0.3) is 0 Å². The van der Waals surface area contributed by atoms with Gasteiger partial charge in [-0.25, -0.2) is 4.98 Å². The number of hydrogen-bond donors (Lipinski definition) is 0. The van der Waals surface area contributed by atoms with Gasteiger partial charge >= 0.3 is 0 Å². The molecule has 1 heterocycles. The molecule has 0 amide bonds. The quantitative estimate of drug-likeness (QED) is 0.777. The zero-order valence-electron chi connectivity index (χ0n) is 9.61. The molecule has 0 saturated carbocycles. The molecule has 0 N–H and O–H groups in total. The maximum atomic E-state index is 5.89. The van der Waals surface area contributed by atoms with E-state index >= 15 is 0 Å². The standard InChI is InChI=1S/C13H12ClNOS/c1-9-8-15-13(14)7-12(9)17-11-5-3-10(16-2)4-6-11/h3-8H,1-2H3. The Morgan fingerprint density at radius 2 is 1.94 bits per heavy atom. The van der Waals surface area contributed by atoms with Crippen LogP contribution in [0, 0.1) is 6.92 Å². The van der Waals surface area contributed by atoms with E-state index in [1.54, 1.807) is 25.1 Å². The molecule has 0 aliphatic heterocycles. The zero-order chi connectivity index (χ0) is 12.3. The highest BCUT2D eigenvalue weighted by Gasteiger charge is 2.03. The summed E-state index contributed by atoms with van der Waals surface area (Å²) in [4.78, 5) is 6.31. The number of pyridine rings is 1. The lowest BCUT2D eigenvalue weighted by molar-refractivity contribution is 0.414. The Labute approximate surface area is 110 Å². The third-order valence-electron chi connectivity index (χ3n) is 2.31. The number of rotatable bonds is 3. The van der Waals surface area contributed by atoms with Crippen molar-refractivity contribution in [2.45, 2.75) is 16.7 Å². The number of aryl methyl sites for hydroxylation is 1. The molecule has 0 spiro atoms. The van der Waals surface area contributed by atoms with Crippen LogP contribution in [-0.4, -0.2) is 12.1 Å². The molecule has 1 aromatic carbocycles. The van der Waals surface area contributed by atoms with Crippen LogP contribution < -0.4 is 4.74 Å². The van der Waals surface area contributed by atoms with Crippen molar-refractivity contribution in [1.29, 1.82) is 0 Å². The topological polar surface area (TPSA) is 22.1 Å². The molecule has 0 bridgehead atoms. The summed E-state index contributed by atoms with van der Waals surface area (Å²) >= 11 is 7.55. The van der Waals surface area contributed by atoms with Gasteiger partial charge in [0.1, 0.15) is 10.9 Å². The number of aromatic nitrogens is 1. The Kier molecular flexibility index (Phi) is 3.92.